The molecular formula is C18H28O3. The van der Waals surface area contributed by atoms with E-state index < -0.39 is 0 Å². The van der Waals surface area contributed by atoms with Gasteiger partial charge in [-0.25, -0.2) is 0 Å². The zero-order valence-corrected chi connectivity index (χ0v) is 13.8. The number of hydrogen-bond acceptors (Lipinski definition) is 3. The molecule has 4 atom stereocenters. The van der Waals surface area contributed by atoms with Crippen LogP contribution >= 0.6 is 0 Å². The fourth-order valence-corrected chi connectivity index (χ4v) is 5.28. The van der Waals surface area contributed by atoms with Gasteiger partial charge in [0.05, 0.1) is 18.8 Å². The van der Waals surface area contributed by atoms with Crippen molar-refractivity contribution in [1.29, 1.82) is 0 Å². The Labute approximate surface area is 128 Å². The summed E-state index contributed by atoms with van der Waals surface area (Å²) in [6, 6.07) is 0. The van der Waals surface area contributed by atoms with Crippen molar-refractivity contribution in [3.05, 3.63) is 11.6 Å². The molecule has 0 radical (unpaired) electrons. The summed E-state index contributed by atoms with van der Waals surface area (Å²) in [4.78, 5) is 11.3. The molecule has 0 N–H and O–H groups in total. The third-order valence-electron chi connectivity index (χ3n) is 6.51. The Kier molecular flexibility index (Phi) is 3.67. The number of hydrogen-bond donors (Lipinski definition) is 0. The van der Waals surface area contributed by atoms with E-state index >= 15 is 0 Å². The van der Waals surface area contributed by atoms with Crippen LogP contribution in [-0.4, -0.2) is 24.8 Å². The Bertz CT molecular complexity index is 461. The van der Waals surface area contributed by atoms with Gasteiger partial charge in [-0.3, -0.25) is 4.79 Å². The van der Waals surface area contributed by atoms with Gasteiger partial charge in [0.15, 0.2) is 0 Å². The topological polar surface area (TPSA) is 35.5 Å². The minimum atomic E-state index is -0.187. The largest absolute Gasteiger partial charge is 0.465 e. The van der Waals surface area contributed by atoms with Crippen LogP contribution in [0.3, 0.4) is 0 Å². The maximum absolute atomic E-state index is 11.3. The molecule has 1 saturated heterocycles. The molecule has 0 aromatic rings. The number of fused-ring (bicyclic) bond motifs is 3. The van der Waals surface area contributed by atoms with Gasteiger partial charge in [0.1, 0.15) is 0 Å². The maximum Gasteiger partial charge on any atom is 0.302 e. The molecule has 3 unspecified atom stereocenters. The molecule has 1 heterocycles. The smallest absolute Gasteiger partial charge is 0.302 e. The predicted molar refractivity (Wildman–Crippen MR) is 81.8 cm³/mol. The van der Waals surface area contributed by atoms with Gasteiger partial charge in [-0.05, 0) is 31.6 Å². The highest BCUT2D eigenvalue weighted by molar-refractivity contribution is 5.66. The van der Waals surface area contributed by atoms with Crippen molar-refractivity contribution in [2.45, 2.75) is 59.0 Å². The molecule has 118 valence electrons. The van der Waals surface area contributed by atoms with Crippen LogP contribution in [0, 0.1) is 23.2 Å². The van der Waals surface area contributed by atoms with Gasteiger partial charge in [-0.15, -0.1) is 0 Å². The van der Waals surface area contributed by atoms with Crippen LogP contribution in [0.25, 0.3) is 0 Å². The van der Waals surface area contributed by atoms with Gasteiger partial charge in [0.25, 0.3) is 0 Å². The first kappa shape index (κ1) is 15.1. The molecule has 21 heavy (non-hydrogen) atoms. The molecule has 3 aliphatic rings. The van der Waals surface area contributed by atoms with Gasteiger partial charge >= 0.3 is 5.97 Å². The molecule has 1 saturated carbocycles. The summed E-state index contributed by atoms with van der Waals surface area (Å²) >= 11 is 0. The lowest BCUT2D eigenvalue weighted by Gasteiger charge is -2.59. The van der Waals surface area contributed by atoms with Crippen LogP contribution in [0.5, 0.6) is 0 Å². The fourth-order valence-electron chi connectivity index (χ4n) is 5.28. The minimum Gasteiger partial charge on any atom is -0.465 e. The van der Waals surface area contributed by atoms with Crippen molar-refractivity contribution in [3.63, 3.8) is 0 Å². The second-order valence-electron chi connectivity index (χ2n) is 7.54. The van der Waals surface area contributed by atoms with Crippen LogP contribution < -0.4 is 0 Å². The first-order valence-electron chi connectivity index (χ1n) is 8.37. The summed E-state index contributed by atoms with van der Waals surface area (Å²) < 4.78 is 11.9. The Hall–Kier alpha value is -0.830. The van der Waals surface area contributed by atoms with Crippen molar-refractivity contribution in [2.75, 3.05) is 13.2 Å². The molecule has 2 aliphatic carbocycles. The normalized spacial score (nSPS) is 41.0. The first-order chi connectivity index (χ1) is 9.91. The van der Waals surface area contributed by atoms with Gasteiger partial charge in [0.2, 0.25) is 0 Å². The molecule has 2 fully saturated rings. The van der Waals surface area contributed by atoms with Crippen molar-refractivity contribution in [3.8, 4) is 0 Å². The van der Waals surface area contributed by atoms with Gasteiger partial charge in [0, 0.05) is 18.3 Å². The van der Waals surface area contributed by atoms with Crippen LogP contribution in [0.2, 0.25) is 0 Å². The average Bonchev–Trinajstić information content (AvgIpc) is 2.86. The zero-order chi connectivity index (χ0) is 15.3. The average molecular weight is 292 g/mol. The van der Waals surface area contributed by atoms with E-state index in [0.717, 1.165) is 6.61 Å². The van der Waals surface area contributed by atoms with Crippen LogP contribution in [0.4, 0.5) is 0 Å². The lowest BCUT2D eigenvalue weighted by molar-refractivity contribution is -0.217. The number of esters is 1. The molecule has 0 aromatic carbocycles. The third-order valence-corrected chi connectivity index (χ3v) is 6.51. The van der Waals surface area contributed by atoms with Gasteiger partial charge in [-0.2, -0.15) is 0 Å². The highest BCUT2D eigenvalue weighted by Gasteiger charge is 2.60. The molecular weight excluding hydrogens is 264 g/mol. The van der Waals surface area contributed by atoms with Crippen LogP contribution in [0.1, 0.15) is 53.4 Å². The highest BCUT2D eigenvalue weighted by Crippen LogP contribution is 2.59. The summed E-state index contributed by atoms with van der Waals surface area (Å²) in [5.41, 5.74) is 1.49. The van der Waals surface area contributed by atoms with Gasteiger partial charge in [-0.1, -0.05) is 38.3 Å². The maximum atomic E-state index is 11.3. The SMILES string of the molecule is CC(=O)OCC12COC3(CCCC3)C(C(C)=CC1C)[C@@H]2C. The summed E-state index contributed by atoms with van der Waals surface area (Å²) in [6.07, 6.45) is 7.35. The molecule has 3 nitrogen and oxygen atoms in total. The quantitative estimate of drug-likeness (QED) is 0.574. The molecule has 0 amide bonds. The summed E-state index contributed by atoms with van der Waals surface area (Å²) in [5.74, 6) is 1.19. The van der Waals surface area contributed by atoms with Crippen LogP contribution in [-0.2, 0) is 14.3 Å². The molecule has 0 aromatic heterocycles. The molecule has 1 spiro atoms. The van der Waals surface area contributed by atoms with E-state index in [4.69, 9.17) is 9.47 Å². The van der Waals surface area contributed by atoms with E-state index in [0.29, 0.717) is 24.4 Å². The van der Waals surface area contributed by atoms with E-state index in [2.05, 4.69) is 26.8 Å². The highest BCUT2D eigenvalue weighted by atomic mass is 16.5. The fraction of sp³-hybridized carbons (Fsp3) is 0.833. The van der Waals surface area contributed by atoms with Gasteiger partial charge < -0.3 is 9.47 Å². The van der Waals surface area contributed by atoms with E-state index in [9.17, 15) is 4.79 Å². The molecule has 3 heteroatoms. The predicted octanol–water partition coefficient (Wildman–Crippen LogP) is 3.73. The van der Waals surface area contributed by atoms with E-state index in [1.165, 1.54) is 38.2 Å². The minimum absolute atomic E-state index is 0.0519. The standard InChI is InChI=1S/C18H28O3/c1-12-9-13(2)17(10-20-15(4)19)11-21-18(7-5-6-8-18)16(12)14(17)3/h9,13-14,16H,5-8,10-11H2,1-4H3/t13?,14-,16?,17?/m0/s1. The second-order valence-corrected chi connectivity index (χ2v) is 7.54. The Morgan fingerprint density at radius 2 is 2.05 bits per heavy atom. The Morgan fingerprint density at radius 3 is 2.67 bits per heavy atom. The number of allylic oxidation sites excluding steroid dienone is 1. The Morgan fingerprint density at radius 1 is 1.38 bits per heavy atom. The molecule has 1 aliphatic heterocycles. The van der Waals surface area contributed by atoms with Crippen molar-refractivity contribution in [1.82, 2.24) is 0 Å². The van der Waals surface area contributed by atoms with Crippen molar-refractivity contribution < 1.29 is 14.3 Å². The second kappa shape index (κ2) is 5.12. The van der Waals surface area contributed by atoms with Crippen LogP contribution in [0.15, 0.2) is 11.6 Å². The lowest BCUT2D eigenvalue weighted by Crippen LogP contribution is -2.61. The summed E-state index contributed by atoms with van der Waals surface area (Å²) in [7, 11) is 0. The van der Waals surface area contributed by atoms with E-state index in [1.807, 2.05) is 0 Å². The Balaban J connectivity index is 1.95. The lowest BCUT2D eigenvalue weighted by atomic mass is 9.53. The van der Waals surface area contributed by atoms with Crippen molar-refractivity contribution in [2.24, 2.45) is 23.2 Å². The molecule has 2 bridgehead atoms. The van der Waals surface area contributed by atoms with E-state index in [1.54, 1.807) is 0 Å². The summed E-state index contributed by atoms with van der Waals surface area (Å²) in [6.45, 7) is 9.57. The van der Waals surface area contributed by atoms with Crippen molar-refractivity contribution >= 4 is 5.97 Å². The zero-order valence-electron chi connectivity index (χ0n) is 13.8. The number of carbonyl (C=O) groups is 1. The number of rotatable bonds is 2. The first-order valence-corrected chi connectivity index (χ1v) is 8.37. The number of carbonyl (C=O) groups excluding carboxylic acids is 1. The summed E-state index contributed by atoms with van der Waals surface area (Å²) in [5, 5.41) is 0. The monoisotopic (exact) mass is 292 g/mol. The van der Waals surface area contributed by atoms with E-state index in [-0.39, 0.29) is 17.0 Å². The number of ether oxygens (including phenoxy) is 2. The third kappa shape index (κ3) is 2.16. The molecule has 3 rings (SSSR count).